The van der Waals surface area contributed by atoms with Crippen LogP contribution in [0.1, 0.15) is 23.9 Å². The van der Waals surface area contributed by atoms with E-state index in [-0.39, 0.29) is 0 Å². The average molecular weight is 447 g/mol. The first-order valence-corrected chi connectivity index (χ1v) is 9.53. The predicted molar refractivity (Wildman–Crippen MR) is 113 cm³/mol. The van der Waals surface area contributed by atoms with Crippen LogP contribution in [-0.4, -0.2) is 26.7 Å². The minimum atomic E-state index is -4.88. The molecule has 0 radical (unpaired) electrons. The Morgan fingerprint density at radius 3 is 2.41 bits per heavy atom. The Morgan fingerprint density at radius 2 is 1.81 bits per heavy atom. The summed E-state index contributed by atoms with van der Waals surface area (Å²) in [5, 5.41) is 20.5. The van der Waals surface area contributed by atoms with E-state index in [4.69, 9.17) is 0 Å². The van der Waals surface area contributed by atoms with Crippen molar-refractivity contribution in [3.05, 3.63) is 75.6 Å². The maximum Gasteiger partial charge on any atom is 0.418 e. The molecule has 1 unspecified atom stereocenters. The van der Waals surface area contributed by atoms with Gasteiger partial charge in [0.15, 0.2) is 0 Å². The van der Waals surface area contributed by atoms with Crippen LogP contribution in [0.15, 0.2) is 48.5 Å². The van der Waals surface area contributed by atoms with Gasteiger partial charge in [-0.1, -0.05) is 18.2 Å². The number of rotatable bonds is 6. The summed E-state index contributed by atoms with van der Waals surface area (Å²) < 4.78 is 41.8. The number of carbonyl (C=O) groups excluding carboxylic acids is 1. The molecule has 0 aliphatic rings. The van der Waals surface area contributed by atoms with Crippen molar-refractivity contribution in [1.82, 2.24) is 9.78 Å². The number of non-ortho nitro benzene ring substituents is 1. The van der Waals surface area contributed by atoms with Crippen molar-refractivity contribution in [3.8, 4) is 5.69 Å². The topological polar surface area (TPSA) is 102 Å². The van der Waals surface area contributed by atoms with E-state index in [1.165, 1.54) is 6.92 Å². The van der Waals surface area contributed by atoms with Crippen LogP contribution >= 0.6 is 0 Å². The molecule has 0 aliphatic carbocycles. The molecule has 11 heteroatoms. The monoisotopic (exact) mass is 447 g/mol. The Labute approximate surface area is 181 Å². The van der Waals surface area contributed by atoms with Gasteiger partial charge in [-0.2, -0.15) is 18.3 Å². The lowest BCUT2D eigenvalue weighted by molar-refractivity contribution is -0.385. The number of nitrogens with zero attached hydrogens (tertiary/aromatic N) is 3. The number of nitro groups is 1. The molecule has 1 heterocycles. The van der Waals surface area contributed by atoms with Gasteiger partial charge in [-0.15, -0.1) is 0 Å². The molecule has 2 aromatic carbocycles. The summed E-state index contributed by atoms with van der Waals surface area (Å²) in [6.07, 6.45) is -4.88. The summed E-state index contributed by atoms with van der Waals surface area (Å²) in [4.78, 5) is 22.5. The quantitative estimate of drug-likeness (QED) is 0.415. The number of carbonyl (C=O) groups is 1. The zero-order valence-corrected chi connectivity index (χ0v) is 17.4. The lowest BCUT2D eigenvalue weighted by Gasteiger charge is -2.18. The molecule has 0 saturated heterocycles. The summed E-state index contributed by atoms with van der Waals surface area (Å²) in [5.41, 5.74) is 0.153. The van der Waals surface area contributed by atoms with Crippen molar-refractivity contribution in [2.24, 2.45) is 0 Å². The van der Waals surface area contributed by atoms with Gasteiger partial charge in [-0.05, 0) is 39.0 Å². The van der Waals surface area contributed by atoms with E-state index in [1.807, 2.05) is 30.3 Å². The maximum atomic E-state index is 13.4. The molecule has 32 heavy (non-hydrogen) atoms. The van der Waals surface area contributed by atoms with E-state index >= 15 is 0 Å². The first-order valence-electron chi connectivity index (χ1n) is 9.53. The number of benzene rings is 2. The van der Waals surface area contributed by atoms with Crippen LogP contribution in [-0.2, 0) is 11.0 Å². The van der Waals surface area contributed by atoms with Crippen LogP contribution in [0, 0.1) is 24.0 Å². The van der Waals surface area contributed by atoms with E-state index in [0.717, 1.165) is 23.5 Å². The van der Waals surface area contributed by atoms with E-state index in [0.29, 0.717) is 17.4 Å². The molecule has 1 atom stereocenters. The summed E-state index contributed by atoms with van der Waals surface area (Å²) in [6, 6.07) is 10.6. The zero-order valence-electron chi connectivity index (χ0n) is 17.4. The molecule has 0 aliphatic heterocycles. The number of nitro benzene ring substituents is 1. The van der Waals surface area contributed by atoms with Crippen molar-refractivity contribution in [2.75, 3.05) is 10.6 Å². The van der Waals surface area contributed by atoms with Gasteiger partial charge < -0.3 is 10.6 Å². The molecular weight excluding hydrogens is 427 g/mol. The van der Waals surface area contributed by atoms with Crippen LogP contribution in [0.3, 0.4) is 0 Å². The largest absolute Gasteiger partial charge is 0.418 e. The normalized spacial score (nSPS) is 12.3. The highest BCUT2D eigenvalue weighted by Gasteiger charge is 2.36. The number of anilines is 2. The van der Waals surface area contributed by atoms with Crippen molar-refractivity contribution in [1.29, 1.82) is 0 Å². The van der Waals surface area contributed by atoms with Gasteiger partial charge in [-0.3, -0.25) is 14.9 Å². The number of halogens is 3. The number of hydrogen-bond donors (Lipinski definition) is 2. The van der Waals surface area contributed by atoms with E-state index in [9.17, 15) is 28.1 Å². The minimum absolute atomic E-state index is 0.395. The highest BCUT2D eigenvalue weighted by Crippen LogP contribution is 2.37. The maximum absolute atomic E-state index is 13.4. The molecular formula is C21H20F3N5O3. The van der Waals surface area contributed by atoms with Gasteiger partial charge in [0.05, 0.1) is 38.9 Å². The lowest BCUT2D eigenvalue weighted by atomic mass is 10.1. The van der Waals surface area contributed by atoms with E-state index in [2.05, 4.69) is 15.7 Å². The second-order valence-corrected chi connectivity index (χ2v) is 7.13. The average Bonchev–Trinajstić information content (AvgIpc) is 3.01. The molecule has 0 bridgehead atoms. The van der Waals surface area contributed by atoms with Crippen LogP contribution in [0.4, 0.5) is 30.2 Å². The lowest BCUT2D eigenvalue weighted by Crippen LogP contribution is -2.33. The Morgan fingerprint density at radius 1 is 1.16 bits per heavy atom. The minimum Gasteiger partial charge on any atom is -0.371 e. The third kappa shape index (κ3) is 4.71. The molecule has 0 saturated carbocycles. The molecule has 0 fully saturated rings. The van der Waals surface area contributed by atoms with Crippen LogP contribution in [0.2, 0.25) is 0 Å². The first kappa shape index (κ1) is 22.8. The fraction of sp³-hybridized carbons (Fsp3) is 0.238. The van der Waals surface area contributed by atoms with Crippen molar-refractivity contribution >= 4 is 23.0 Å². The smallest absolute Gasteiger partial charge is 0.371 e. The molecule has 1 aromatic heterocycles. The summed E-state index contributed by atoms with van der Waals surface area (Å²) in [5.74, 6) is -0.740. The molecule has 168 valence electrons. The molecule has 1 amide bonds. The second kappa shape index (κ2) is 8.69. The fourth-order valence-electron chi connectivity index (χ4n) is 3.18. The Hall–Kier alpha value is -3.89. The third-order valence-corrected chi connectivity index (χ3v) is 4.82. The van der Waals surface area contributed by atoms with Crippen molar-refractivity contribution in [3.63, 3.8) is 0 Å². The number of alkyl halides is 3. The van der Waals surface area contributed by atoms with Gasteiger partial charge in [0.25, 0.3) is 5.69 Å². The number of amides is 1. The molecule has 3 rings (SSSR count). The Kier molecular flexibility index (Phi) is 6.19. The number of aryl methyl sites for hydroxylation is 1. The summed E-state index contributed by atoms with van der Waals surface area (Å²) in [7, 11) is 0. The number of nitrogens with one attached hydrogen (secondary N) is 2. The SMILES string of the molecule is Cc1nn(-c2ccccc2)c(C)c1NC(C)C(=O)Nc1ccc([N+](=O)[O-])cc1C(F)(F)F. The molecule has 0 spiro atoms. The first-order chi connectivity index (χ1) is 15.0. The van der Waals surface area contributed by atoms with E-state index < -0.39 is 40.0 Å². The van der Waals surface area contributed by atoms with Gasteiger partial charge in [0, 0.05) is 12.1 Å². The number of para-hydroxylation sites is 1. The molecule has 2 N–H and O–H groups in total. The van der Waals surface area contributed by atoms with Gasteiger partial charge >= 0.3 is 6.18 Å². The summed E-state index contributed by atoms with van der Waals surface area (Å²) >= 11 is 0. The third-order valence-electron chi connectivity index (χ3n) is 4.82. The highest BCUT2D eigenvalue weighted by molar-refractivity contribution is 5.97. The number of aromatic nitrogens is 2. The molecule has 8 nitrogen and oxygen atoms in total. The van der Waals surface area contributed by atoms with Crippen molar-refractivity contribution in [2.45, 2.75) is 33.0 Å². The van der Waals surface area contributed by atoms with Crippen LogP contribution in [0.5, 0.6) is 0 Å². The molecule has 3 aromatic rings. The second-order valence-electron chi connectivity index (χ2n) is 7.13. The standard InChI is InChI=1S/C21H20F3N5O3/c1-12-19(14(3)28(27-12)15-7-5-4-6-8-15)25-13(2)20(30)26-18-10-9-16(29(31)32)11-17(18)21(22,23)24/h4-11,13,25H,1-3H3,(H,26,30). The van der Waals surface area contributed by atoms with Crippen molar-refractivity contribution < 1.29 is 22.9 Å². The Bertz CT molecular complexity index is 1160. The van der Waals surface area contributed by atoms with Gasteiger partial charge in [0.2, 0.25) is 5.91 Å². The van der Waals surface area contributed by atoms with Gasteiger partial charge in [-0.25, -0.2) is 4.68 Å². The van der Waals surface area contributed by atoms with Crippen LogP contribution in [0.25, 0.3) is 5.69 Å². The summed E-state index contributed by atoms with van der Waals surface area (Å²) in [6.45, 7) is 5.04. The van der Waals surface area contributed by atoms with Crippen LogP contribution < -0.4 is 10.6 Å². The predicted octanol–water partition coefficient (Wildman–Crippen LogP) is 4.86. The van der Waals surface area contributed by atoms with E-state index in [1.54, 1.807) is 18.5 Å². The Balaban J connectivity index is 1.82. The zero-order chi connectivity index (χ0) is 23.6. The van der Waals surface area contributed by atoms with Gasteiger partial charge in [0.1, 0.15) is 6.04 Å². The number of hydrogen-bond acceptors (Lipinski definition) is 5. The highest BCUT2D eigenvalue weighted by atomic mass is 19.4. The fourth-order valence-corrected chi connectivity index (χ4v) is 3.18.